The van der Waals surface area contributed by atoms with Crippen LogP contribution in [0.4, 0.5) is 0 Å². The second-order valence-electron chi connectivity index (χ2n) is 8.45. The van der Waals surface area contributed by atoms with Crippen molar-refractivity contribution in [2.24, 2.45) is 17.8 Å². The Labute approximate surface area is 224 Å². The molecular weight excluding hydrogens is 410 g/mol. The van der Waals surface area contributed by atoms with Gasteiger partial charge in [0.1, 0.15) is 0 Å². The standard InChI is InChI=1S/C13H29N.C7H16.C5H12.4C2H6/c1-5-9-14-10-7-8-13(6-2)11-12(3)4;1-4-6-7(3)5-2;1-3-5-4-2;4*1-2/h12-14H,5-11H2,1-4H3;7H,4-6H2,1-3H3;3-5H2,1-2H3;4*1-2H3. The van der Waals surface area contributed by atoms with Gasteiger partial charge in [0, 0.05) is 0 Å². The third kappa shape index (κ3) is 76.9. The first kappa shape index (κ1) is 50.8. The van der Waals surface area contributed by atoms with Crippen LogP contribution in [0.5, 0.6) is 0 Å². The van der Waals surface area contributed by atoms with Crippen LogP contribution in [0.25, 0.3) is 0 Å². The quantitative estimate of drug-likeness (QED) is 0.238. The average molecular weight is 492 g/mol. The fourth-order valence-electron chi connectivity index (χ4n) is 3.02. The molecule has 0 radical (unpaired) electrons. The fraction of sp³-hybridized carbons (Fsp3) is 1.00. The minimum atomic E-state index is 0.864. The highest BCUT2D eigenvalue weighted by atomic mass is 14.8. The first-order chi connectivity index (χ1) is 16.4. The number of hydrogen-bond donors (Lipinski definition) is 1. The Kier molecular flexibility index (Phi) is 95.3. The van der Waals surface area contributed by atoms with Crippen LogP contribution in [0.3, 0.4) is 0 Å². The lowest BCUT2D eigenvalue weighted by molar-refractivity contribution is 0.365. The monoisotopic (exact) mass is 492 g/mol. The molecule has 0 fully saturated rings. The maximum atomic E-state index is 3.47. The van der Waals surface area contributed by atoms with E-state index in [9.17, 15) is 0 Å². The Balaban J connectivity index is -0.0000000613. The molecule has 2 unspecified atom stereocenters. The maximum Gasteiger partial charge on any atom is -0.00488 e. The summed E-state index contributed by atoms with van der Waals surface area (Å²) in [5.74, 6) is 2.77. The van der Waals surface area contributed by atoms with Gasteiger partial charge in [-0.1, -0.05) is 163 Å². The minimum absolute atomic E-state index is 0.864. The van der Waals surface area contributed by atoms with E-state index in [0.29, 0.717) is 0 Å². The van der Waals surface area contributed by atoms with Crippen LogP contribution in [-0.4, -0.2) is 13.1 Å². The van der Waals surface area contributed by atoms with Crippen molar-refractivity contribution in [3.63, 3.8) is 0 Å². The summed E-state index contributed by atoms with van der Waals surface area (Å²) >= 11 is 0. The lowest BCUT2D eigenvalue weighted by Gasteiger charge is -2.16. The van der Waals surface area contributed by atoms with Gasteiger partial charge in [-0.05, 0) is 56.5 Å². The van der Waals surface area contributed by atoms with Gasteiger partial charge in [0.25, 0.3) is 0 Å². The molecule has 0 saturated heterocycles. The molecule has 2 atom stereocenters. The van der Waals surface area contributed by atoms with E-state index in [2.05, 4.69) is 67.6 Å². The first-order valence-corrected chi connectivity index (χ1v) is 16.1. The smallest absolute Gasteiger partial charge is 0.00488 e. The predicted octanol–water partition coefficient (Wildman–Crippen LogP) is 13.0. The average Bonchev–Trinajstić information content (AvgIpc) is 2.89. The Morgan fingerprint density at radius 2 is 0.971 bits per heavy atom. The van der Waals surface area contributed by atoms with Crippen molar-refractivity contribution in [3.05, 3.63) is 0 Å². The summed E-state index contributed by atoms with van der Waals surface area (Å²) in [6.45, 7) is 38.8. The highest BCUT2D eigenvalue weighted by Crippen LogP contribution is 2.19. The lowest BCUT2D eigenvalue weighted by atomic mass is 9.91. The molecule has 0 aromatic carbocycles. The largest absolute Gasteiger partial charge is 0.317 e. The second-order valence-corrected chi connectivity index (χ2v) is 8.45. The Morgan fingerprint density at radius 1 is 0.500 bits per heavy atom. The molecule has 0 aliphatic carbocycles. The molecule has 0 spiro atoms. The van der Waals surface area contributed by atoms with Gasteiger partial charge >= 0.3 is 0 Å². The molecule has 1 heteroatoms. The molecule has 218 valence electrons. The van der Waals surface area contributed by atoms with Crippen molar-refractivity contribution < 1.29 is 0 Å². The van der Waals surface area contributed by atoms with Crippen LogP contribution in [0.1, 0.15) is 188 Å². The van der Waals surface area contributed by atoms with E-state index < -0.39 is 0 Å². The SMILES string of the molecule is CC.CC.CC.CC.CCCC(C)CC.CCCCC.CCCNCCCC(CC)CC(C)C. The summed E-state index contributed by atoms with van der Waals surface area (Å²) < 4.78 is 0. The van der Waals surface area contributed by atoms with E-state index in [0.717, 1.165) is 17.8 Å². The van der Waals surface area contributed by atoms with Gasteiger partial charge in [0.2, 0.25) is 0 Å². The van der Waals surface area contributed by atoms with Crippen LogP contribution >= 0.6 is 0 Å². The third-order valence-electron chi connectivity index (χ3n) is 4.96. The van der Waals surface area contributed by atoms with Crippen molar-refractivity contribution in [1.29, 1.82) is 0 Å². The molecular formula is C33H81N. The summed E-state index contributed by atoms with van der Waals surface area (Å²) in [5.41, 5.74) is 0. The van der Waals surface area contributed by atoms with Gasteiger partial charge in [-0.3, -0.25) is 0 Å². The van der Waals surface area contributed by atoms with Crippen LogP contribution in [0.2, 0.25) is 0 Å². The topological polar surface area (TPSA) is 12.0 Å². The maximum absolute atomic E-state index is 3.47. The van der Waals surface area contributed by atoms with E-state index >= 15 is 0 Å². The zero-order valence-electron chi connectivity index (χ0n) is 28.4. The molecule has 0 saturated carbocycles. The molecule has 0 amide bonds. The van der Waals surface area contributed by atoms with E-state index in [1.54, 1.807) is 0 Å². The van der Waals surface area contributed by atoms with E-state index in [4.69, 9.17) is 0 Å². The number of hydrogen-bond acceptors (Lipinski definition) is 1. The van der Waals surface area contributed by atoms with Gasteiger partial charge in [0.05, 0.1) is 0 Å². The summed E-state index contributed by atoms with van der Waals surface area (Å²) in [4.78, 5) is 0. The van der Waals surface area contributed by atoms with Crippen LogP contribution in [0, 0.1) is 17.8 Å². The molecule has 0 aliphatic rings. The van der Waals surface area contributed by atoms with E-state index in [1.807, 2.05) is 55.4 Å². The molecule has 0 heterocycles. The Hall–Kier alpha value is -0.0400. The molecule has 34 heavy (non-hydrogen) atoms. The minimum Gasteiger partial charge on any atom is -0.317 e. The Bertz CT molecular complexity index is 211. The molecule has 0 aliphatic heterocycles. The van der Waals surface area contributed by atoms with Crippen LogP contribution in [0.15, 0.2) is 0 Å². The fourth-order valence-corrected chi connectivity index (χ4v) is 3.02. The van der Waals surface area contributed by atoms with E-state index in [1.165, 1.54) is 83.7 Å². The lowest BCUT2D eigenvalue weighted by Crippen LogP contribution is -2.17. The van der Waals surface area contributed by atoms with Gasteiger partial charge in [-0.15, -0.1) is 0 Å². The number of rotatable bonds is 14. The molecule has 0 aromatic heterocycles. The van der Waals surface area contributed by atoms with Crippen molar-refractivity contribution in [2.75, 3.05) is 13.1 Å². The van der Waals surface area contributed by atoms with Crippen molar-refractivity contribution >= 4 is 0 Å². The Morgan fingerprint density at radius 3 is 1.21 bits per heavy atom. The van der Waals surface area contributed by atoms with Crippen LogP contribution in [-0.2, 0) is 0 Å². The van der Waals surface area contributed by atoms with Crippen molar-refractivity contribution in [1.82, 2.24) is 5.32 Å². The predicted molar refractivity (Wildman–Crippen MR) is 171 cm³/mol. The number of unbranched alkanes of at least 4 members (excludes halogenated alkanes) is 2. The summed E-state index contributed by atoms with van der Waals surface area (Å²) in [5, 5.41) is 3.47. The molecule has 1 N–H and O–H groups in total. The highest BCUT2D eigenvalue weighted by Gasteiger charge is 2.07. The molecule has 0 bridgehead atoms. The van der Waals surface area contributed by atoms with Crippen molar-refractivity contribution in [2.45, 2.75) is 188 Å². The first-order valence-electron chi connectivity index (χ1n) is 16.1. The van der Waals surface area contributed by atoms with Crippen LogP contribution < -0.4 is 5.32 Å². The van der Waals surface area contributed by atoms with Gasteiger partial charge < -0.3 is 5.32 Å². The zero-order valence-corrected chi connectivity index (χ0v) is 28.4. The van der Waals surface area contributed by atoms with Gasteiger partial charge in [-0.25, -0.2) is 0 Å². The molecule has 0 rings (SSSR count). The summed E-state index contributed by atoms with van der Waals surface area (Å²) in [6.07, 6.45) is 14.9. The summed E-state index contributed by atoms with van der Waals surface area (Å²) in [7, 11) is 0. The van der Waals surface area contributed by atoms with Gasteiger partial charge in [-0.2, -0.15) is 0 Å². The summed E-state index contributed by atoms with van der Waals surface area (Å²) in [6, 6.07) is 0. The molecule has 1 nitrogen and oxygen atoms in total. The number of nitrogens with one attached hydrogen (secondary N) is 1. The zero-order chi connectivity index (χ0) is 28.6. The highest BCUT2D eigenvalue weighted by molar-refractivity contribution is 4.61. The van der Waals surface area contributed by atoms with E-state index in [-0.39, 0.29) is 0 Å². The normalized spacial score (nSPS) is 10.4. The van der Waals surface area contributed by atoms with Crippen molar-refractivity contribution in [3.8, 4) is 0 Å². The second kappa shape index (κ2) is 63.9. The van der Waals surface area contributed by atoms with Gasteiger partial charge in [0.15, 0.2) is 0 Å². The molecule has 0 aromatic rings. The third-order valence-corrected chi connectivity index (χ3v) is 4.96.